The minimum Gasteiger partial charge on any atom is -0.334 e. The molecule has 0 aliphatic carbocycles. The van der Waals surface area contributed by atoms with Crippen LogP contribution in [0.15, 0.2) is 5.51 Å². The van der Waals surface area contributed by atoms with Gasteiger partial charge < -0.3 is 10.2 Å². The molecule has 1 aromatic rings. The lowest BCUT2D eigenvalue weighted by Gasteiger charge is -2.32. The molecule has 5 nitrogen and oxygen atoms in total. The lowest BCUT2D eigenvalue weighted by atomic mass is 9.80. The summed E-state index contributed by atoms with van der Waals surface area (Å²) in [4.78, 5) is 18.6. The van der Waals surface area contributed by atoms with Crippen LogP contribution in [0.5, 0.6) is 0 Å². The van der Waals surface area contributed by atoms with Crippen LogP contribution in [-0.2, 0) is 11.3 Å². The molecule has 1 aromatic heterocycles. The second-order valence-electron chi connectivity index (χ2n) is 5.42. The Bertz CT molecular complexity index is 404. The highest BCUT2D eigenvalue weighted by Crippen LogP contribution is 2.31. The van der Waals surface area contributed by atoms with Gasteiger partial charge in [0.05, 0.1) is 12.6 Å². The highest BCUT2D eigenvalue weighted by atomic mass is 32.1. The zero-order chi connectivity index (χ0) is 13.2. The lowest BCUT2D eigenvalue weighted by Crippen LogP contribution is -2.50. The van der Waals surface area contributed by atoms with Crippen LogP contribution in [0.3, 0.4) is 0 Å². The summed E-state index contributed by atoms with van der Waals surface area (Å²) in [6.45, 7) is 5.61. The SMILES string of the molecule is CNC1C(=O)N(Cc2ncsn2)CCCC1(C)C. The van der Waals surface area contributed by atoms with Crippen molar-refractivity contribution in [3.8, 4) is 0 Å². The molecule has 1 N–H and O–H groups in total. The Kier molecular flexibility index (Phi) is 3.97. The van der Waals surface area contributed by atoms with Crippen LogP contribution < -0.4 is 5.32 Å². The average Bonchev–Trinajstić information content (AvgIpc) is 2.77. The van der Waals surface area contributed by atoms with Crippen LogP contribution in [0.25, 0.3) is 0 Å². The van der Waals surface area contributed by atoms with Crippen LogP contribution in [0, 0.1) is 5.41 Å². The summed E-state index contributed by atoms with van der Waals surface area (Å²) in [5.41, 5.74) is 1.70. The van der Waals surface area contributed by atoms with Gasteiger partial charge in [-0.1, -0.05) is 13.8 Å². The number of aromatic nitrogens is 2. The van der Waals surface area contributed by atoms with E-state index in [1.54, 1.807) is 5.51 Å². The molecule has 0 bridgehead atoms. The molecule has 1 amide bonds. The van der Waals surface area contributed by atoms with Crippen molar-refractivity contribution < 1.29 is 4.79 Å². The summed E-state index contributed by atoms with van der Waals surface area (Å²) < 4.78 is 4.18. The van der Waals surface area contributed by atoms with Crippen molar-refractivity contribution in [2.24, 2.45) is 5.41 Å². The standard InChI is InChI=1S/C12H20N4OS/c1-12(2)5-4-6-16(11(17)10(12)13-3)7-9-14-8-18-15-9/h8,10,13H,4-7H2,1-3H3. The van der Waals surface area contributed by atoms with E-state index in [9.17, 15) is 4.79 Å². The van der Waals surface area contributed by atoms with E-state index in [1.807, 2.05) is 11.9 Å². The fourth-order valence-corrected chi connectivity index (χ4v) is 3.04. The Balaban J connectivity index is 2.14. The molecule has 0 saturated carbocycles. The van der Waals surface area contributed by atoms with Crippen LogP contribution in [-0.4, -0.2) is 39.8 Å². The first kappa shape index (κ1) is 13.4. The number of likely N-dealkylation sites (N-methyl/N-ethyl adjacent to an activating group) is 1. The van der Waals surface area contributed by atoms with Crippen LogP contribution >= 0.6 is 11.5 Å². The van der Waals surface area contributed by atoms with E-state index in [2.05, 4.69) is 28.5 Å². The zero-order valence-corrected chi connectivity index (χ0v) is 12.0. The van der Waals surface area contributed by atoms with Gasteiger partial charge in [0.25, 0.3) is 0 Å². The molecule has 1 aliphatic rings. The molecule has 6 heteroatoms. The third kappa shape index (κ3) is 2.70. The van der Waals surface area contributed by atoms with E-state index in [0.29, 0.717) is 6.54 Å². The first-order valence-corrected chi connectivity index (χ1v) is 7.09. The van der Waals surface area contributed by atoms with Gasteiger partial charge in [-0.05, 0) is 36.8 Å². The van der Waals surface area contributed by atoms with Crippen molar-refractivity contribution in [3.05, 3.63) is 11.3 Å². The van der Waals surface area contributed by atoms with E-state index in [1.165, 1.54) is 11.5 Å². The van der Waals surface area contributed by atoms with E-state index in [0.717, 1.165) is 25.2 Å². The Hall–Kier alpha value is -1.01. The van der Waals surface area contributed by atoms with E-state index < -0.39 is 0 Å². The number of hydrogen-bond donors (Lipinski definition) is 1. The first-order chi connectivity index (χ1) is 8.54. The molecule has 2 heterocycles. The average molecular weight is 268 g/mol. The van der Waals surface area contributed by atoms with Crippen molar-refractivity contribution in [2.75, 3.05) is 13.6 Å². The van der Waals surface area contributed by atoms with Crippen molar-refractivity contribution >= 4 is 17.4 Å². The molecule has 1 aliphatic heterocycles. The van der Waals surface area contributed by atoms with Crippen molar-refractivity contribution in [1.82, 2.24) is 19.6 Å². The molecular weight excluding hydrogens is 248 g/mol. The summed E-state index contributed by atoms with van der Waals surface area (Å²) in [7, 11) is 1.86. The third-order valence-electron chi connectivity index (χ3n) is 3.62. The number of likely N-dealkylation sites (tertiary alicyclic amines) is 1. The van der Waals surface area contributed by atoms with Gasteiger partial charge in [-0.3, -0.25) is 4.79 Å². The predicted octanol–water partition coefficient (Wildman–Crippen LogP) is 1.27. The van der Waals surface area contributed by atoms with Crippen molar-refractivity contribution in [3.63, 3.8) is 0 Å². The fourth-order valence-electron chi connectivity index (χ4n) is 2.60. The molecule has 1 unspecified atom stereocenters. The van der Waals surface area contributed by atoms with Gasteiger partial charge in [-0.2, -0.15) is 4.37 Å². The molecule has 100 valence electrons. The maximum atomic E-state index is 12.5. The quantitative estimate of drug-likeness (QED) is 0.897. The van der Waals surface area contributed by atoms with Gasteiger partial charge in [-0.15, -0.1) is 0 Å². The Labute approximate surface area is 112 Å². The van der Waals surface area contributed by atoms with Crippen LogP contribution in [0.4, 0.5) is 0 Å². The highest BCUT2D eigenvalue weighted by molar-refractivity contribution is 7.03. The Morgan fingerprint density at radius 2 is 2.39 bits per heavy atom. The van der Waals surface area contributed by atoms with E-state index in [-0.39, 0.29) is 17.4 Å². The molecule has 1 fully saturated rings. The number of carbonyl (C=O) groups is 1. The number of nitrogens with zero attached hydrogens (tertiary/aromatic N) is 3. The van der Waals surface area contributed by atoms with Crippen molar-refractivity contribution in [1.29, 1.82) is 0 Å². The number of rotatable bonds is 3. The summed E-state index contributed by atoms with van der Waals surface area (Å²) in [5.74, 6) is 0.901. The molecular formula is C12H20N4OS. The third-order valence-corrected chi connectivity index (χ3v) is 4.13. The Morgan fingerprint density at radius 3 is 3.00 bits per heavy atom. The van der Waals surface area contributed by atoms with E-state index >= 15 is 0 Å². The van der Waals surface area contributed by atoms with Gasteiger partial charge >= 0.3 is 0 Å². The number of carbonyl (C=O) groups excluding carboxylic acids is 1. The summed E-state index contributed by atoms with van der Waals surface area (Å²) in [6.07, 6.45) is 2.08. The number of nitrogens with one attached hydrogen (secondary N) is 1. The summed E-state index contributed by atoms with van der Waals surface area (Å²) in [6, 6.07) is -0.126. The summed E-state index contributed by atoms with van der Waals surface area (Å²) in [5, 5.41) is 3.16. The topological polar surface area (TPSA) is 58.1 Å². The van der Waals surface area contributed by atoms with Gasteiger partial charge in [0.2, 0.25) is 5.91 Å². The maximum Gasteiger partial charge on any atom is 0.240 e. The van der Waals surface area contributed by atoms with Crippen LogP contribution in [0.1, 0.15) is 32.5 Å². The molecule has 0 spiro atoms. The van der Waals surface area contributed by atoms with Gasteiger partial charge in [0, 0.05) is 6.54 Å². The molecule has 1 saturated heterocycles. The Morgan fingerprint density at radius 1 is 1.61 bits per heavy atom. The molecule has 0 aromatic carbocycles. The van der Waals surface area contributed by atoms with E-state index in [4.69, 9.17) is 0 Å². The largest absolute Gasteiger partial charge is 0.334 e. The molecule has 2 rings (SSSR count). The minimum atomic E-state index is -0.126. The van der Waals surface area contributed by atoms with Gasteiger partial charge in [0.15, 0.2) is 5.82 Å². The fraction of sp³-hybridized carbons (Fsp3) is 0.750. The number of hydrogen-bond acceptors (Lipinski definition) is 5. The molecule has 18 heavy (non-hydrogen) atoms. The zero-order valence-electron chi connectivity index (χ0n) is 11.1. The molecule has 0 radical (unpaired) electrons. The predicted molar refractivity (Wildman–Crippen MR) is 71.2 cm³/mol. The minimum absolute atomic E-state index is 0.00388. The summed E-state index contributed by atoms with van der Waals surface area (Å²) >= 11 is 1.33. The number of amides is 1. The van der Waals surface area contributed by atoms with Gasteiger partial charge in [-0.25, -0.2) is 4.98 Å². The second kappa shape index (κ2) is 5.32. The normalized spacial score (nSPS) is 24.1. The smallest absolute Gasteiger partial charge is 0.240 e. The first-order valence-electron chi connectivity index (χ1n) is 6.26. The second-order valence-corrected chi connectivity index (χ2v) is 6.03. The van der Waals surface area contributed by atoms with Gasteiger partial charge in [0.1, 0.15) is 5.51 Å². The highest BCUT2D eigenvalue weighted by Gasteiger charge is 2.38. The van der Waals surface area contributed by atoms with Crippen LogP contribution in [0.2, 0.25) is 0 Å². The van der Waals surface area contributed by atoms with Crippen molar-refractivity contribution in [2.45, 2.75) is 39.3 Å². The monoisotopic (exact) mass is 268 g/mol. The maximum absolute atomic E-state index is 12.5. The lowest BCUT2D eigenvalue weighted by molar-refractivity contribution is -0.135. The molecule has 1 atom stereocenters.